The van der Waals surface area contributed by atoms with Crippen molar-refractivity contribution in [3.63, 3.8) is 0 Å². The molecule has 1 aliphatic heterocycles. The Labute approximate surface area is 162 Å². The molecule has 11 heteroatoms. The molecule has 0 spiro atoms. The Hall–Kier alpha value is -3.50. The van der Waals surface area contributed by atoms with Crippen molar-refractivity contribution in [2.24, 2.45) is 0 Å². The number of benzene rings is 1. The molecule has 1 aromatic carbocycles. The van der Waals surface area contributed by atoms with Gasteiger partial charge in [-0.1, -0.05) is 0 Å². The highest BCUT2D eigenvalue weighted by atomic mass is 19.1. The highest BCUT2D eigenvalue weighted by Gasteiger charge is 2.37. The normalized spacial score (nSPS) is 17.0. The van der Waals surface area contributed by atoms with Crippen molar-refractivity contribution >= 4 is 28.2 Å². The monoisotopic (exact) mass is 402 g/mol. The van der Waals surface area contributed by atoms with Gasteiger partial charge in [-0.2, -0.15) is 5.10 Å². The number of aromatic nitrogens is 4. The number of nitrogens with zero attached hydrogens (tertiary/aromatic N) is 5. The predicted octanol–water partition coefficient (Wildman–Crippen LogP) is 1.55. The Morgan fingerprint density at radius 2 is 1.93 bits per heavy atom. The summed E-state index contributed by atoms with van der Waals surface area (Å²) in [6.45, 7) is 0.589. The highest BCUT2D eigenvalue weighted by Crippen LogP contribution is 2.43. The topological polar surface area (TPSA) is 119 Å². The molecular formula is C18H16F2N6O3. The van der Waals surface area contributed by atoms with Crippen molar-refractivity contribution in [1.29, 1.82) is 0 Å². The standard InChI is InChI=1S/C18H16F2N6O3/c19-12-14(21)11-15(25(8-1-2-8)5-10(17(11)27)18(28)29)13(20)16(12)24-3-9(4-24)26-7-22-6-23-26/h5-9H,1-4,21H2,(H,28,29). The Bertz CT molecular complexity index is 1210. The minimum atomic E-state index is -1.46. The molecule has 0 radical (unpaired) electrons. The molecule has 1 saturated carbocycles. The molecule has 1 aliphatic carbocycles. The van der Waals surface area contributed by atoms with E-state index in [1.165, 1.54) is 22.1 Å². The Kier molecular flexibility index (Phi) is 3.64. The first kappa shape index (κ1) is 17.6. The lowest BCUT2D eigenvalue weighted by Crippen LogP contribution is -2.49. The maximum Gasteiger partial charge on any atom is 0.341 e. The number of nitrogens with two attached hydrogens (primary N) is 1. The summed E-state index contributed by atoms with van der Waals surface area (Å²) in [6.07, 6.45) is 5.46. The van der Waals surface area contributed by atoms with Gasteiger partial charge in [-0.05, 0) is 12.8 Å². The number of anilines is 2. The Balaban J connectivity index is 1.69. The van der Waals surface area contributed by atoms with Gasteiger partial charge in [0.05, 0.1) is 22.6 Å². The fourth-order valence-electron chi connectivity index (χ4n) is 3.83. The van der Waals surface area contributed by atoms with Crippen LogP contribution in [0.5, 0.6) is 0 Å². The van der Waals surface area contributed by atoms with E-state index in [-0.39, 0.29) is 23.3 Å². The maximum atomic E-state index is 15.5. The average Bonchev–Trinajstić information content (AvgIpc) is 3.35. The molecule has 150 valence electrons. The number of carboxylic acid groups (broad SMARTS) is 1. The third kappa shape index (κ3) is 2.50. The van der Waals surface area contributed by atoms with Gasteiger partial charge in [-0.3, -0.25) is 4.79 Å². The maximum absolute atomic E-state index is 15.5. The van der Waals surface area contributed by atoms with Crippen molar-refractivity contribution in [2.45, 2.75) is 24.9 Å². The lowest BCUT2D eigenvalue weighted by atomic mass is 10.0. The summed E-state index contributed by atoms with van der Waals surface area (Å²) in [5.74, 6) is -3.44. The second-order valence-corrected chi connectivity index (χ2v) is 7.36. The first-order valence-electron chi connectivity index (χ1n) is 9.06. The third-order valence-electron chi connectivity index (χ3n) is 5.52. The van der Waals surface area contributed by atoms with Crippen LogP contribution in [-0.2, 0) is 0 Å². The third-order valence-corrected chi connectivity index (χ3v) is 5.52. The molecule has 0 amide bonds. The van der Waals surface area contributed by atoms with Gasteiger partial charge in [0.2, 0.25) is 5.43 Å². The van der Waals surface area contributed by atoms with E-state index in [2.05, 4.69) is 10.1 Å². The molecule has 3 heterocycles. The van der Waals surface area contributed by atoms with E-state index in [1.807, 2.05) is 0 Å². The van der Waals surface area contributed by atoms with Crippen LogP contribution in [0.15, 0.2) is 23.6 Å². The van der Waals surface area contributed by atoms with Gasteiger partial charge in [0.1, 0.15) is 23.9 Å². The molecule has 0 atom stereocenters. The molecule has 0 bridgehead atoms. The van der Waals surface area contributed by atoms with Gasteiger partial charge in [-0.25, -0.2) is 23.2 Å². The zero-order chi connectivity index (χ0) is 20.4. The molecule has 2 fully saturated rings. The molecule has 2 aromatic heterocycles. The average molecular weight is 402 g/mol. The van der Waals surface area contributed by atoms with Crippen LogP contribution >= 0.6 is 0 Å². The van der Waals surface area contributed by atoms with E-state index < -0.39 is 39.7 Å². The number of carbonyl (C=O) groups is 1. The summed E-state index contributed by atoms with van der Waals surface area (Å²) in [7, 11) is 0. The number of aromatic carboxylic acids is 1. The van der Waals surface area contributed by atoms with E-state index in [0.717, 1.165) is 6.20 Å². The largest absolute Gasteiger partial charge is 0.477 e. The number of hydrogen-bond acceptors (Lipinski definition) is 6. The fraction of sp³-hybridized carbons (Fsp3) is 0.333. The van der Waals surface area contributed by atoms with Crippen LogP contribution in [0.25, 0.3) is 10.9 Å². The van der Waals surface area contributed by atoms with Crippen LogP contribution < -0.4 is 16.1 Å². The summed E-state index contributed by atoms with van der Waals surface area (Å²) in [5, 5.41) is 12.9. The number of rotatable bonds is 4. The SMILES string of the molecule is Nc1c(F)c(N2CC(n3cncn3)C2)c(F)c2c1c(=O)c(C(=O)O)cn2C1CC1. The molecular weight excluding hydrogens is 386 g/mol. The molecule has 3 N–H and O–H groups in total. The van der Waals surface area contributed by atoms with E-state index >= 15 is 8.78 Å². The van der Waals surface area contributed by atoms with Crippen LogP contribution in [0.1, 0.15) is 35.3 Å². The van der Waals surface area contributed by atoms with Crippen LogP contribution in [0.4, 0.5) is 20.2 Å². The van der Waals surface area contributed by atoms with E-state index in [0.29, 0.717) is 25.9 Å². The summed E-state index contributed by atoms with van der Waals surface area (Å²) < 4.78 is 33.6. The molecule has 9 nitrogen and oxygen atoms in total. The minimum Gasteiger partial charge on any atom is -0.477 e. The van der Waals surface area contributed by atoms with Gasteiger partial charge in [0.15, 0.2) is 11.6 Å². The lowest BCUT2D eigenvalue weighted by molar-refractivity contribution is 0.0695. The summed E-state index contributed by atoms with van der Waals surface area (Å²) in [6, 6.07) is -0.240. The number of halogens is 2. The van der Waals surface area contributed by atoms with Gasteiger partial charge in [-0.15, -0.1) is 0 Å². The van der Waals surface area contributed by atoms with Crippen molar-refractivity contribution < 1.29 is 18.7 Å². The molecule has 29 heavy (non-hydrogen) atoms. The van der Waals surface area contributed by atoms with E-state index in [4.69, 9.17) is 5.73 Å². The summed E-state index contributed by atoms with van der Waals surface area (Å²) in [5.41, 5.74) is 3.34. The smallest absolute Gasteiger partial charge is 0.341 e. The summed E-state index contributed by atoms with van der Waals surface area (Å²) >= 11 is 0. The van der Waals surface area contributed by atoms with Gasteiger partial charge in [0, 0.05) is 25.3 Å². The minimum absolute atomic E-state index is 0.0896. The summed E-state index contributed by atoms with van der Waals surface area (Å²) in [4.78, 5) is 29.4. The second-order valence-electron chi connectivity index (χ2n) is 7.36. The Morgan fingerprint density at radius 1 is 1.21 bits per heavy atom. The second kappa shape index (κ2) is 6.00. The molecule has 1 saturated heterocycles. The van der Waals surface area contributed by atoms with Crippen LogP contribution in [0, 0.1) is 11.6 Å². The van der Waals surface area contributed by atoms with Crippen LogP contribution in [0.3, 0.4) is 0 Å². The van der Waals surface area contributed by atoms with E-state index in [1.54, 1.807) is 4.68 Å². The van der Waals surface area contributed by atoms with Gasteiger partial charge >= 0.3 is 5.97 Å². The number of pyridine rings is 1. The molecule has 2 aliphatic rings. The van der Waals surface area contributed by atoms with Crippen LogP contribution in [-0.4, -0.2) is 43.5 Å². The van der Waals surface area contributed by atoms with Crippen LogP contribution in [0.2, 0.25) is 0 Å². The van der Waals surface area contributed by atoms with Crippen molar-refractivity contribution in [3.8, 4) is 0 Å². The zero-order valence-corrected chi connectivity index (χ0v) is 15.0. The highest BCUT2D eigenvalue weighted by molar-refractivity contribution is 5.99. The predicted molar refractivity (Wildman–Crippen MR) is 99.0 cm³/mol. The lowest BCUT2D eigenvalue weighted by Gasteiger charge is -2.41. The van der Waals surface area contributed by atoms with Crippen molar-refractivity contribution in [1.82, 2.24) is 19.3 Å². The van der Waals surface area contributed by atoms with Crippen molar-refractivity contribution in [3.05, 3.63) is 46.3 Å². The first-order valence-corrected chi connectivity index (χ1v) is 9.06. The molecule has 0 unspecified atom stereocenters. The number of fused-ring (bicyclic) bond motifs is 1. The number of nitrogen functional groups attached to an aromatic ring is 1. The van der Waals surface area contributed by atoms with E-state index in [9.17, 15) is 14.7 Å². The van der Waals surface area contributed by atoms with Crippen molar-refractivity contribution in [2.75, 3.05) is 23.7 Å². The first-order chi connectivity index (χ1) is 13.9. The molecule has 5 rings (SSSR count). The Morgan fingerprint density at radius 3 is 2.52 bits per heavy atom. The quantitative estimate of drug-likeness (QED) is 0.636. The van der Waals surface area contributed by atoms with Gasteiger partial charge < -0.3 is 20.3 Å². The molecule has 3 aromatic rings. The number of hydrogen-bond donors (Lipinski definition) is 2. The fourth-order valence-corrected chi connectivity index (χ4v) is 3.83. The van der Waals surface area contributed by atoms with Gasteiger partial charge in [0.25, 0.3) is 0 Å². The number of carboxylic acids is 1. The zero-order valence-electron chi connectivity index (χ0n) is 15.0.